The van der Waals surface area contributed by atoms with Crippen molar-refractivity contribution in [1.29, 1.82) is 0 Å². The highest BCUT2D eigenvalue weighted by molar-refractivity contribution is 5.95. The van der Waals surface area contributed by atoms with Gasteiger partial charge >= 0.3 is 5.97 Å². The molecule has 2 aliphatic rings. The number of hydrogen-bond donors (Lipinski definition) is 2. The van der Waals surface area contributed by atoms with E-state index < -0.39 is 23.8 Å². The summed E-state index contributed by atoms with van der Waals surface area (Å²) in [4.78, 5) is 34.9. The van der Waals surface area contributed by atoms with E-state index in [1.807, 2.05) is 41.3 Å². The number of likely N-dealkylation sites (tertiary alicyclic amines) is 1. The summed E-state index contributed by atoms with van der Waals surface area (Å²) in [5.74, 6) is -0.188. The Hall–Kier alpha value is -4.09. The summed E-state index contributed by atoms with van der Waals surface area (Å²) < 4.78 is 22.2. The first-order valence-electron chi connectivity index (χ1n) is 14.4. The first kappa shape index (κ1) is 29.4. The highest BCUT2D eigenvalue weighted by atomic mass is 16.7. The summed E-state index contributed by atoms with van der Waals surface area (Å²) in [5, 5.41) is 10.5. The molecule has 3 aromatic rings. The van der Waals surface area contributed by atoms with E-state index in [9.17, 15) is 14.7 Å². The summed E-state index contributed by atoms with van der Waals surface area (Å²) in [6.07, 6.45) is 5.74. The minimum atomic E-state index is -0.928. The number of methoxy groups -OCH3 is 1. The van der Waals surface area contributed by atoms with Gasteiger partial charge in [-0.1, -0.05) is 25.5 Å². The van der Waals surface area contributed by atoms with Crippen molar-refractivity contribution in [1.82, 2.24) is 9.88 Å². The molecule has 11 nitrogen and oxygen atoms in total. The lowest BCUT2D eigenvalue weighted by molar-refractivity contribution is -0.143. The molecule has 224 valence electrons. The Bertz CT molecular complexity index is 1380. The van der Waals surface area contributed by atoms with Crippen LogP contribution in [-0.4, -0.2) is 66.4 Å². The third-order valence-corrected chi connectivity index (χ3v) is 8.11. The molecule has 1 fully saturated rings. The topological polar surface area (TPSA) is 141 Å². The number of ether oxygens (including phenoxy) is 3. The van der Waals surface area contributed by atoms with E-state index in [1.165, 1.54) is 6.26 Å². The zero-order valence-corrected chi connectivity index (χ0v) is 24.0. The quantitative estimate of drug-likeness (QED) is 0.308. The number of unbranched alkanes of at least 4 members (excludes halogenated alkanes) is 1. The maximum Gasteiger partial charge on any atom is 0.308 e. The summed E-state index contributed by atoms with van der Waals surface area (Å²) >= 11 is 0. The predicted molar refractivity (Wildman–Crippen MR) is 155 cm³/mol. The molecule has 5 rings (SSSR count). The molecule has 1 aromatic heterocycles. The molecule has 3 atom stereocenters. The summed E-state index contributed by atoms with van der Waals surface area (Å²) in [5.41, 5.74) is 8.37. The number of fused-ring (bicyclic) bond motifs is 1. The molecule has 0 spiro atoms. The largest absolute Gasteiger partial charge is 0.493 e. The second kappa shape index (κ2) is 13.3. The van der Waals surface area contributed by atoms with Gasteiger partial charge in [0.15, 0.2) is 17.4 Å². The van der Waals surface area contributed by atoms with Gasteiger partial charge < -0.3 is 34.4 Å². The number of carboxylic acids is 1. The molecular formula is C31H38N4O7. The maximum absolute atomic E-state index is 14.0. The first-order chi connectivity index (χ1) is 20.4. The molecule has 0 bridgehead atoms. The van der Waals surface area contributed by atoms with Gasteiger partial charge in [-0.2, -0.15) is 0 Å². The van der Waals surface area contributed by atoms with E-state index in [1.54, 1.807) is 18.2 Å². The lowest BCUT2D eigenvalue weighted by Gasteiger charge is -2.30. The maximum atomic E-state index is 14.0. The van der Waals surface area contributed by atoms with Crippen LogP contribution < -0.4 is 24.8 Å². The first-order valence-corrected chi connectivity index (χ1v) is 14.4. The third-order valence-electron chi connectivity index (χ3n) is 8.11. The smallest absolute Gasteiger partial charge is 0.308 e. The van der Waals surface area contributed by atoms with Gasteiger partial charge in [0.1, 0.15) is 6.26 Å². The van der Waals surface area contributed by atoms with Crippen molar-refractivity contribution < 1.29 is 33.3 Å². The summed E-state index contributed by atoms with van der Waals surface area (Å²) in [6, 6.07) is 10.9. The molecule has 0 saturated carbocycles. The van der Waals surface area contributed by atoms with Crippen molar-refractivity contribution in [2.75, 3.05) is 38.4 Å². The van der Waals surface area contributed by atoms with Crippen molar-refractivity contribution in [2.24, 2.45) is 11.7 Å². The average molecular weight is 579 g/mol. The second-order valence-corrected chi connectivity index (χ2v) is 10.7. The van der Waals surface area contributed by atoms with Gasteiger partial charge in [0.2, 0.25) is 18.4 Å². The zero-order chi connectivity index (χ0) is 29.6. The highest BCUT2D eigenvalue weighted by Gasteiger charge is 2.47. The van der Waals surface area contributed by atoms with Gasteiger partial charge in [-0.25, -0.2) is 4.98 Å². The fourth-order valence-electron chi connectivity index (χ4n) is 6.03. The van der Waals surface area contributed by atoms with E-state index in [-0.39, 0.29) is 19.2 Å². The van der Waals surface area contributed by atoms with Crippen LogP contribution in [0, 0.1) is 5.92 Å². The number of carbonyl (C=O) groups is 2. The molecule has 11 heteroatoms. The number of carboxylic acid groups (broad SMARTS) is 1. The Morgan fingerprint density at radius 2 is 2.10 bits per heavy atom. The SMILES string of the molecule is CCCCN(C(=O)CN1C[C@H](c2cc(OC)c3c(c2)OCO3)C(C(=O)O)[C@@H]1CCc1ncco1)c1cccc(CN)c1. The van der Waals surface area contributed by atoms with E-state index in [2.05, 4.69) is 11.9 Å². The van der Waals surface area contributed by atoms with E-state index in [0.717, 1.165) is 29.7 Å². The van der Waals surface area contributed by atoms with Crippen LogP contribution in [0.1, 0.15) is 49.1 Å². The summed E-state index contributed by atoms with van der Waals surface area (Å²) in [7, 11) is 1.54. The Balaban J connectivity index is 1.47. The van der Waals surface area contributed by atoms with Crippen LogP contribution in [0.5, 0.6) is 17.2 Å². The third kappa shape index (κ3) is 6.22. The monoisotopic (exact) mass is 578 g/mol. The molecular weight excluding hydrogens is 540 g/mol. The molecule has 1 saturated heterocycles. The fraction of sp³-hybridized carbons (Fsp3) is 0.452. The normalized spacial score (nSPS) is 19.6. The number of aliphatic carboxylic acids is 1. The van der Waals surface area contributed by atoms with Crippen LogP contribution in [-0.2, 0) is 22.6 Å². The van der Waals surface area contributed by atoms with E-state index in [4.69, 9.17) is 24.4 Å². The molecule has 2 aliphatic heterocycles. The fourth-order valence-corrected chi connectivity index (χ4v) is 6.03. The number of nitrogens with zero attached hydrogens (tertiary/aromatic N) is 3. The molecule has 1 unspecified atom stereocenters. The number of carbonyl (C=O) groups excluding carboxylic acids is 1. The number of anilines is 1. The van der Waals surface area contributed by atoms with Crippen LogP contribution in [0.2, 0.25) is 0 Å². The van der Waals surface area contributed by atoms with Crippen molar-refractivity contribution in [3.05, 3.63) is 65.9 Å². The standard InChI is InChI=1S/C31H38N4O7/c1-3-4-11-35(22-7-5-6-20(13-22)16-32)28(36)18-34-17-23(21-14-25(39-2)30-26(15-21)41-19-42-30)29(31(37)38)24(34)8-9-27-33-10-12-40-27/h5-7,10,12-15,23-24,29H,3-4,8-9,11,16-19,32H2,1-2H3,(H,37,38)/t23-,24+,29?/m1/s1. The zero-order valence-electron chi connectivity index (χ0n) is 24.0. The number of benzene rings is 2. The van der Waals surface area contributed by atoms with Crippen LogP contribution >= 0.6 is 0 Å². The van der Waals surface area contributed by atoms with Gasteiger partial charge in [0.25, 0.3) is 0 Å². The molecule has 2 aromatic carbocycles. The molecule has 0 aliphatic carbocycles. The van der Waals surface area contributed by atoms with Gasteiger partial charge in [-0.3, -0.25) is 14.5 Å². The Kier molecular flexibility index (Phi) is 9.28. The van der Waals surface area contributed by atoms with Crippen molar-refractivity contribution in [3.63, 3.8) is 0 Å². The van der Waals surface area contributed by atoms with Crippen LogP contribution in [0.4, 0.5) is 5.69 Å². The number of oxazole rings is 1. The van der Waals surface area contributed by atoms with Crippen molar-refractivity contribution in [3.8, 4) is 17.2 Å². The van der Waals surface area contributed by atoms with Gasteiger partial charge in [-0.05, 0) is 48.2 Å². The molecule has 0 radical (unpaired) electrons. The number of amides is 1. The Morgan fingerprint density at radius 1 is 1.24 bits per heavy atom. The van der Waals surface area contributed by atoms with Crippen LogP contribution in [0.25, 0.3) is 0 Å². The number of hydrogen-bond acceptors (Lipinski definition) is 9. The van der Waals surface area contributed by atoms with Crippen LogP contribution in [0.15, 0.2) is 53.3 Å². The number of aromatic nitrogens is 1. The number of aryl methyl sites for hydroxylation is 1. The van der Waals surface area contributed by atoms with Crippen LogP contribution in [0.3, 0.4) is 0 Å². The van der Waals surface area contributed by atoms with Gasteiger partial charge in [0.05, 0.1) is 25.8 Å². The number of nitrogens with two attached hydrogens (primary N) is 1. The van der Waals surface area contributed by atoms with E-state index >= 15 is 0 Å². The minimum Gasteiger partial charge on any atom is -0.493 e. The lowest BCUT2D eigenvalue weighted by Crippen LogP contribution is -2.44. The summed E-state index contributed by atoms with van der Waals surface area (Å²) in [6.45, 7) is 3.52. The van der Waals surface area contributed by atoms with Gasteiger partial charge in [-0.15, -0.1) is 0 Å². The lowest BCUT2D eigenvalue weighted by atomic mass is 9.83. The second-order valence-electron chi connectivity index (χ2n) is 10.7. The minimum absolute atomic E-state index is 0.0643. The molecule has 1 amide bonds. The Morgan fingerprint density at radius 3 is 2.81 bits per heavy atom. The van der Waals surface area contributed by atoms with E-state index in [0.29, 0.717) is 55.6 Å². The molecule has 3 N–H and O–H groups in total. The average Bonchev–Trinajstić information content (AvgIpc) is 3.76. The van der Waals surface area contributed by atoms with Gasteiger partial charge in [0, 0.05) is 43.7 Å². The molecule has 3 heterocycles. The number of rotatable bonds is 13. The molecule has 42 heavy (non-hydrogen) atoms. The van der Waals surface area contributed by atoms with Crippen molar-refractivity contribution >= 4 is 17.6 Å². The Labute approximate surface area is 245 Å². The highest BCUT2D eigenvalue weighted by Crippen LogP contribution is 2.47. The predicted octanol–water partition coefficient (Wildman–Crippen LogP) is 3.81. The van der Waals surface area contributed by atoms with Crippen molar-refractivity contribution in [2.45, 2.75) is 51.1 Å².